The summed E-state index contributed by atoms with van der Waals surface area (Å²) in [5, 5.41) is 11.5. The summed E-state index contributed by atoms with van der Waals surface area (Å²) in [6.07, 6.45) is 1.67. The number of carbonyl (C=O) groups is 1. The minimum atomic E-state index is -0.351. The molecule has 0 saturated carbocycles. The molecule has 1 aromatic heterocycles. The van der Waals surface area contributed by atoms with Crippen molar-refractivity contribution in [1.82, 2.24) is 14.8 Å². The Morgan fingerprint density at radius 2 is 1.75 bits per heavy atom. The fraction of sp³-hybridized carbons (Fsp3) is 0.160. The van der Waals surface area contributed by atoms with Gasteiger partial charge in [0.2, 0.25) is 5.91 Å². The number of amides is 1. The molecule has 0 aliphatic heterocycles. The molecule has 6 nitrogen and oxygen atoms in total. The highest BCUT2D eigenvalue weighted by atomic mass is 32.2. The molecule has 0 aliphatic rings. The van der Waals surface area contributed by atoms with E-state index in [-0.39, 0.29) is 11.2 Å². The molecule has 0 fully saturated rings. The number of thioether (sulfide) groups is 1. The van der Waals surface area contributed by atoms with Gasteiger partial charge in [0.25, 0.3) is 0 Å². The van der Waals surface area contributed by atoms with E-state index in [1.54, 1.807) is 6.33 Å². The number of hydrogen-bond acceptors (Lipinski definition) is 5. The monoisotopic (exact) mass is 444 g/mol. The lowest BCUT2D eigenvalue weighted by Crippen LogP contribution is -2.22. The minimum absolute atomic E-state index is 0.104. The summed E-state index contributed by atoms with van der Waals surface area (Å²) >= 11 is 1.37. The quantitative estimate of drug-likeness (QED) is 0.375. The number of anilines is 1. The first-order chi connectivity index (χ1) is 15.6. The second-order valence-corrected chi connectivity index (χ2v) is 8.63. The Morgan fingerprint density at radius 1 is 1.03 bits per heavy atom. The van der Waals surface area contributed by atoms with Gasteiger partial charge in [-0.2, -0.15) is 0 Å². The lowest BCUT2D eigenvalue weighted by Gasteiger charge is -2.14. The van der Waals surface area contributed by atoms with Crippen LogP contribution >= 0.6 is 11.8 Å². The molecule has 1 amide bonds. The molecule has 0 bridgehead atoms. The largest absolute Gasteiger partial charge is 0.489 e. The van der Waals surface area contributed by atoms with Crippen molar-refractivity contribution >= 4 is 23.4 Å². The summed E-state index contributed by atoms with van der Waals surface area (Å²) in [5.74, 6) is 0.646. The molecule has 1 unspecified atom stereocenters. The molecule has 4 aromatic rings. The molecule has 0 spiro atoms. The number of hydrogen-bond donors (Lipinski definition) is 1. The number of carbonyl (C=O) groups excluding carboxylic acids is 1. The average Bonchev–Trinajstić information content (AvgIpc) is 3.27. The zero-order valence-corrected chi connectivity index (χ0v) is 18.8. The van der Waals surface area contributed by atoms with E-state index in [2.05, 4.69) is 15.5 Å². The van der Waals surface area contributed by atoms with Crippen LogP contribution in [-0.2, 0) is 11.4 Å². The van der Waals surface area contributed by atoms with Gasteiger partial charge in [0.05, 0.1) is 10.9 Å². The summed E-state index contributed by atoms with van der Waals surface area (Å²) in [6, 6.07) is 25.4. The molecule has 7 heteroatoms. The van der Waals surface area contributed by atoms with Gasteiger partial charge in [0, 0.05) is 5.69 Å². The summed E-state index contributed by atoms with van der Waals surface area (Å²) in [7, 11) is 0. The standard InChI is InChI=1S/C25H24N4O2S/c1-18-8-6-7-11-23(18)29-17-26-28-25(29)32-19(2)24(30)27-21-12-14-22(15-13-21)31-16-20-9-4-3-5-10-20/h3-15,17,19H,16H2,1-2H3,(H,27,30). The van der Waals surface area contributed by atoms with E-state index in [0.29, 0.717) is 11.8 Å². The Labute approximate surface area is 191 Å². The van der Waals surface area contributed by atoms with Crippen LogP contribution in [0.3, 0.4) is 0 Å². The van der Waals surface area contributed by atoms with Crippen molar-refractivity contribution in [2.75, 3.05) is 5.32 Å². The number of rotatable bonds is 8. The highest BCUT2D eigenvalue weighted by molar-refractivity contribution is 8.00. The van der Waals surface area contributed by atoms with Gasteiger partial charge in [0.15, 0.2) is 5.16 Å². The zero-order chi connectivity index (χ0) is 22.3. The van der Waals surface area contributed by atoms with Crippen LogP contribution < -0.4 is 10.1 Å². The molecule has 1 N–H and O–H groups in total. The Balaban J connectivity index is 1.34. The summed E-state index contributed by atoms with van der Waals surface area (Å²) < 4.78 is 7.71. The zero-order valence-electron chi connectivity index (χ0n) is 17.9. The van der Waals surface area contributed by atoms with E-state index in [1.807, 2.05) is 97.3 Å². The second kappa shape index (κ2) is 10.2. The van der Waals surface area contributed by atoms with Crippen LogP contribution in [0.2, 0.25) is 0 Å². The van der Waals surface area contributed by atoms with Crippen molar-refractivity contribution < 1.29 is 9.53 Å². The van der Waals surface area contributed by atoms with Crippen molar-refractivity contribution in [2.24, 2.45) is 0 Å². The number of benzene rings is 3. The number of aryl methyl sites for hydroxylation is 1. The lowest BCUT2D eigenvalue weighted by molar-refractivity contribution is -0.115. The van der Waals surface area contributed by atoms with Crippen LogP contribution in [0.15, 0.2) is 90.3 Å². The third-order valence-electron chi connectivity index (χ3n) is 4.91. The van der Waals surface area contributed by atoms with Gasteiger partial charge in [-0.25, -0.2) is 0 Å². The van der Waals surface area contributed by atoms with Crippen LogP contribution in [0, 0.1) is 6.92 Å². The molecule has 32 heavy (non-hydrogen) atoms. The third kappa shape index (κ3) is 5.36. The van der Waals surface area contributed by atoms with E-state index in [0.717, 1.165) is 28.3 Å². The van der Waals surface area contributed by atoms with Crippen LogP contribution in [0.5, 0.6) is 5.75 Å². The first-order valence-corrected chi connectivity index (χ1v) is 11.2. The van der Waals surface area contributed by atoms with Crippen LogP contribution in [-0.4, -0.2) is 25.9 Å². The maximum absolute atomic E-state index is 12.7. The molecule has 1 atom stereocenters. The SMILES string of the molecule is Cc1ccccc1-n1cnnc1SC(C)C(=O)Nc1ccc(OCc2ccccc2)cc1. The fourth-order valence-corrected chi connectivity index (χ4v) is 3.97. The van der Waals surface area contributed by atoms with Gasteiger partial charge in [-0.05, 0) is 55.3 Å². The fourth-order valence-electron chi connectivity index (χ4n) is 3.13. The molecular formula is C25H24N4O2S. The van der Waals surface area contributed by atoms with Crippen molar-refractivity contribution in [3.05, 3.63) is 96.3 Å². The van der Waals surface area contributed by atoms with E-state index >= 15 is 0 Å². The van der Waals surface area contributed by atoms with Crippen LogP contribution in [0.1, 0.15) is 18.1 Å². The second-order valence-electron chi connectivity index (χ2n) is 7.32. The van der Waals surface area contributed by atoms with Crippen molar-refractivity contribution in [1.29, 1.82) is 0 Å². The van der Waals surface area contributed by atoms with Crippen molar-refractivity contribution in [2.45, 2.75) is 30.9 Å². The van der Waals surface area contributed by atoms with Crippen LogP contribution in [0.4, 0.5) is 5.69 Å². The van der Waals surface area contributed by atoms with E-state index in [4.69, 9.17) is 4.74 Å². The highest BCUT2D eigenvalue weighted by Crippen LogP contribution is 2.26. The normalized spacial score (nSPS) is 11.7. The van der Waals surface area contributed by atoms with E-state index in [1.165, 1.54) is 11.8 Å². The predicted molar refractivity (Wildman–Crippen MR) is 127 cm³/mol. The molecule has 4 rings (SSSR count). The van der Waals surface area contributed by atoms with Gasteiger partial charge in [0.1, 0.15) is 18.7 Å². The lowest BCUT2D eigenvalue weighted by atomic mass is 10.2. The van der Waals surface area contributed by atoms with Gasteiger partial charge in [-0.1, -0.05) is 60.3 Å². The molecule has 0 aliphatic carbocycles. The maximum atomic E-state index is 12.7. The summed E-state index contributed by atoms with van der Waals surface area (Å²) in [6.45, 7) is 4.39. The molecule has 0 radical (unpaired) electrons. The molecule has 0 saturated heterocycles. The maximum Gasteiger partial charge on any atom is 0.237 e. The summed E-state index contributed by atoms with van der Waals surface area (Å²) in [5.41, 5.74) is 3.93. The smallest absolute Gasteiger partial charge is 0.237 e. The molecule has 162 valence electrons. The first kappa shape index (κ1) is 21.6. The van der Waals surface area contributed by atoms with Crippen molar-refractivity contribution in [3.8, 4) is 11.4 Å². The predicted octanol–water partition coefficient (Wildman–Crippen LogP) is 5.27. The van der Waals surface area contributed by atoms with Gasteiger partial charge in [-0.15, -0.1) is 10.2 Å². The number of para-hydroxylation sites is 1. The molecule has 3 aromatic carbocycles. The van der Waals surface area contributed by atoms with Gasteiger partial charge < -0.3 is 10.1 Å². The Bertz CT molecular complexity index is 1180. The van der Waals surface area contributed by atoms with E-state index in [9.17, 15) is 4.79 Å². The van der Waals surface area contributed by atoms with Gasteiger partial charge >= 0.3 is 0 Å². The Morgan fingerprint density at radius 3 is 2.50 bits per heavy atom. The number of nitrogens with one attached hydrogen (secondary N) is 1. The number of aromatic nitrogens is 3. The van der Waals surface area contributed by atoms with E-state index < -0.39 is 0 Å². The molecule has 1 heterocycles. The van der Waals surface area contributed by atoms with Crippen molar-refractivity contribution in [3.63, 3.8) is 0 Å². The summed E-state index contributed by atoms with van der Waals surface area (Å²) in [4.78, 5) is 12.7. The Kier molecular flexibility index (Phi) is 6.87. The third-order valence-corrected chi connectivity index (χ3v) is 5.97. The van der Waals surface area contributed by atoms with Crippen LogP contribution in [0.25, 0.3) is 5.69 Å². The first-order valence-electron chi connectivity index (χ1n) is 10.3. The minimum Gasteiger partial charge on any atom is -0.489 e. The molecular weight excluding hydrogens is 420 g/mol. The average molecular weight is 445 g/mol. The number of ether oxygens (including phenoxy) is 1. The highest BCUT2D eigenvalue weighted by Gasteiger charge is 2.19. The Hall–Kier alpha value is -3.58. The number of nitrogens with zero attached hydrogens (tertiary/aromatic N) is 3. The van der Waals surface area contributed by atoms with Gasteiger partial charge in [-0.3, -0.25) is 9.36 Å². The topological polar surface area (TPSA) is 69.0 Å².